The lowest BCUT2D eigenvalue weighted by Crippen LogP contribution is -2.40. The Labute approximate surface area is 107 Å². The summed E-state index contributed by atoms with van der Waals surface area (Å²) >= 11 is 1.96. The summed E-state index contributed by atoms with van der Waals surface area (Å²) in [6.45, 7) is 3.00. The lowest BCUT2D eigenvalue weighted by molar-refractivity contribution is 0.379. The number of aromatic nitrogens is 2. The molecule has 94 valence electrons. The first kappa shape index (κ1) is 12.5. The SMILES string of the molecule is CCc1nc(N)cc(NCC2(SC)CCC2)n1. The van der Waals surface area contributed by atoms with Crippen LogP contribution < -0.4 is 11.1 Å². The Morgan fingerprint density at radius 3 is 2.76 bits per heavy atom. The fraction of sp³-hybridized carbons (Fsp3) is 0.667. The van der Waals surface area contributed by atoms with Gasteiger partial charge in [-0.05, 0) is 19.1 Å². The van der Waals surface area contributed by atoms with Crippen molar-refractivity contribution >= 4 is 23.4 Å². The molecule has 1 heterocycles. The van der Waals surface area contributed by atoms with Crippen molar-refractivity contribution in [3.8, 4) is 0 Å². The van der Waals surface area contributed by atoms with Gasteiger partial charge in [0.2, 0.25) is 0 Å². The number of nitrogen functional groups attached to an aromatic ring is 1. The largest absolute Gasteiger partial charge is 0.384 e. The van der Waals surface area contributed by atoms with E-state index in [0.717, 1.165) is 24.6 Å². The maximum Gasteiger partial charge on any atom is 0.132 e. The highest BCUT2D eigenvalue weighted by molar-refractivity contribution is 8.00. The Bertz CT molecular complexity index is 385. The third-order valence-electron chi connectivity index (χ3n) is 3.40. The van der Waals surface area contributed by atoms with Crippen LogP contribution in [0.2, 0.25) is 0 Å². The molecule has 17 heavy (non-hydrogen) atoms. The molecule has 0 saturated heterocycles. The Hall–Kier alpha value is -0.970. The van der Waals surface area contributed by atoms with Gasteiger partial charge in [0.25, 0.3) is 0 Å². The number of nitrogens with one attached hydrogen (secondary N) is 1. The predicted molar refractivity (Wildman–Crippen MR) is 74.4 cm³/mol. The predicted octanol–water partition coefficient (Wildman–Crippen LogP) is 2.32. The van der Waals surface area contributed by atoms with Crippen molar-refractivity contribution in [2.24, 2.45) is 0 Å². The smallest absolute Gasteiger partial charge is 0.132 e. The molecule has 0 bridgehead atoms. The van der Waals surface area contributed by atoms with Gasteiger partial charge in [0, 0.05) is 23.8 Å². The van der Waals surface area contributed by atoms with Crippen molar-refractivity contribution in [2.45, 2.75) is 37.4 Å². The second-order valence-electron chi connectivity index (χ2n) is 4.54. The molecule has 0 aromatic carbocycles. The Morgan fingerprint density at radius 2 is 2.24 bits per heavy atom. The van der Waals surface area contributed by atoms with E-state index in [-0.39, 0.29) is 0 Å². The van der Waals surface area contributed by atoms with Crippen LogP contribution in [0.4, 0.5) is 11.6 Å². The zero-order chi connectivity index (χ0) is 12.3. The molecule has 3 N–H and O–H groups in total. The van der Waals surface area contributed by atoms with Crippen molar-refractivity contribution in [1.29, 1.82) is 0 Å². The van der Waals surface area contributed by atoms with E-state index in [1.807, 2.05) is 24.8 Å². The first-order valence-electron chi connectivity index (χ1n) is 6.10. The number of rotatable bonds is 5. The standard InChI is InChI=1S/C12H20N4S/c1-3-10-15-9(13)7-11(16-10)14-8-12(17-2)5-4-6-12/h7H,3-6,8H2,1-2H3,(H3,13,14,15,16). The molecule has 0 amide bonds. The van der Waals surface area contributed by atoms with Crippen LogP contribution in [0.25, 0.3) is 0 Å². The summed E-state index contributed by atoms with van der Waals surface area (Å²) in [5.74, 6) is 2.21. The van der Waals surface area contributed by atoms with E-state index < -0.39 is 0 Å². The van der Waals surface area contributed by atoms with Crippen LogP contribution in [0.5, 0.6) is 0 Å². The molecule has 0 unspecified atom stereocenters. The van der Waals surface area contributed by atoms with E-state index in [1.54, 1.807) is 0 Å². The molecular formula is C12H20N4S. The second-order valence-corrected chi connectivity index (χ2v) is 5.82. The first-order chi connectivity index (χ1) is 8.17. The van der Waals surface area contributed by atoms with Gasteiger partial charge in [-0.1, -0.05) is 13.3 Å². The number of nitrogens with two attached hydrogens (primary N) is 1. The zero-order valence-electron chi connectivity index (χ0n) is 10.5. The zero-order valence-corrected chi connectivity index (χ0v) is 11.3. The number of hydrogen-bond acceptors (Lipinski definition) is 5. The van der Waals surface area contributed by atoms with Gasteiger partial charge in [-0.15, -0.1) is 0 Å². The highest BCUT2D eigenvalue weighted by atomic mass is 32.2. The Kier molecular flexibility index (Phi) is 3.76. The number of anilines is 2. The van der Waals surface area contributed by atoms with Crippen LogP contribution in [-0.4, -0.2) is 27.5 Å². The molecule has 5 heteroatoms. The fourth-order valence-corrected chi connectivity index (χ4v) is 2.96. The number of thioether (sulfide) groups is 1. The molecule has 0 atom stereocenters. The molecule has 1 saturated carbocycles. The normalized spacial score (nSPS) is 17.5. The summed E-state index contributed by atoms with van der Waals surface area (Å²) in [7, 11) is 0. The number of aryl methyl sites for hydroxylation is 1. The molecule has 0 aliphatic heterocycles. The molecule has 1 aromatic rings. The summed E-state index contributed by atoms with van der Waals surface area (Å²) in [6.07, 6.45) is 6.93. The van der Waals surface area contributed by atoms with Crippen LogP contribution in [0.15, 0.2) is 6.07 Å². The van der Waals surface area contributed by atoms with Crippen LogP contribution in [-0.2, 0) is 6.42 Å². The topological polar surface area (TPSA) is 63.8 Å². The van der Waals surface area contributed by atoms with Gasteiger partial charge in [0.15, 0.2) is 0 Å². The fourth-order valence-electron chi connectivity index (χ4n) is 2.04. The average Bonchev–Trinajstić information content (AvgIpc) is 2.27. The highest BCUT2D eigenvalue weighted by Crippen LogP contribution is 2.42. The van der Waals surface area contributed by atoms with Gasteiger partial charge in [-0.2, -0.15) is 11.8 Å². The summed E-state index contributed by atoms with van der Waals surface area (Å²) in [6, 6.07) is 1.81. The molecule has 1 aromatic heterocycles. The minimum atomic E-state index is 0.409. The van der Waals surface area contributed by atoms with Crippen LogP contribution in [0.1, 0.15) is 32.0 Å². The molecule has 2 rings (SSSR count). The third kappa shape index (κ3) is 2.83. The maximum atomic E-state index is 5.76. The van der Waals surface area contributed by atoms with Crippen molar-refractivity contribution in [3.05, 3.63) is 11.9 Å². The average molecular weight is 252 g/mol. The monoisotopic (exact) mass is 252 g/mol. The molecule has 1 aliphatic rings. The van der Waals surface area contributed by atoms with E-state index in [4.69, 9.17) is 5.73 Å². The van der Waals surface area contributed by atoms with Crippen molar-refractivity contribution < 1.29 is 0 Å². The van der Waals surface area contributed by atoms with E-state index >= 15 is 0 Å². The second kappa shape index (κ2) is 5.12. The van der Waals surface area contributed by atoms with E-state index in [1.165, 1.54) is 19.3 Å². The first-order valence-corrected chi connectivity index (χ1v) is 7.32. The number of nitrogens with zero attached hydrogens (tertiary/aromatic N) is 2. The molecule has 4 nitrogen and oxygen atoms in total. The summed E-state index contributed by atoms with van der Waals surface area (Å²) in [5.41, 5.74) is 5.76. The van der Waals surface area contributed by atoms with Gasteiger partial charge in [-0.3, -0.25) is 0 Å². The molecular weight excluding hydrogens is 232 g/mol. The third-order valence-corrected chi connectivity index (χ3v) is 4.82. The summed E-state index contributed by atoms with van der Waals surface area (Å²) < 4.78 is 0.409. The van der Waals surface area contributed by atoms with Crippen LogP contribution >= 0.6 is 11.8 Å². The van der Waals surface area contributed by atoms with Crippen LogP contribution in [0.3, 0.4) is 0 Å². The lowest BCUT2D eigenvalue weighted by Gasteiger charge is -2.40. The van der Waals surface area contributed by atoms with Crippen molar-refractivity contribution in [3.63, 3.8) is 0 Å². The van der Waals surface area contributed by atoms with Gasteiger partial charge in [0.1, 0.15) is 17.5 Å². The Balaban J connectivity index is 2.01. The lowest BCUT2D eigenvalue weighted by atomic mass is 9.84. The minimum absolute atomic E-state index is 0.409. The van der Waals surface area contributed by atoms with E-state index in [0.29, 0.717) is 10.6 Å². The van der Waals surface area contributed by atoms with Gasteiger partial charge in [-0.25, -0.2) is 9.97 Å². The van der Waals surface area contributed by atoms with Gasteiger partial charge < -0.3 is 11.1 Å². The van der Waals surface area contributed by atoms with Gasteiger partial charge >= 0.3 is 0 Å². The maximum absolute atomic E-state index is 5.76. The van der Waals surface area contributed by atoms with Gasteiger partial charge in [0.05, 0.1) is 0 Å². The van der Waals surface area contributed by atoms with E-state index in [9.17, 15) is 0 Å². The molecule has 1 aliphatic carbocycles. The minimum Gasteiger partial charge on any atom is -0.384 e. The number of hydrogen-bond donors (Lipinski definition) is 2. The Morgan fingerprint density at radius 1 is 1.47 bits per heavy atom. The van der Waals surface area contributed by atoms with Crippen molar-refractivity contribution in [2.75, 3.05) is 23.9 Å². The summed E-state index contributed by atoms with van der Waals surface area (Å²) in [5, 5.41) is 3.40. The molecule has 1 fully saturated rings. The quantitative estimate of drug-likeness (QED) is 0.842. The molecule has 0 spiro atoms. The highest BCUT2D eigenvalue weighted by Gasteiger charge is 2.35. The van der Waals surface area contributed by atoms with Crippen LogP contribution in [0, 0.1) is 0 Å². The van der Waals surface area contributed by atoms with E-state index in [2.05, 4.69) is 21.5 Å². The summed E-state index contributed by atoms with van der Waals surface area (Å²) in [4.78, 5) is 8.61. The molecule has 0 radical (unpaired) electrons. The van der Waals surface area contributed by atoms with Crippen molar-refractivity contribution in [1.82, 2.24) is 9.97 Å².